The number of benzene rings is 2. The number of para-hydroxylation sites is 1. The standard InChI is InChI=1S/C23H19N3O3S2/c1-15-7-5-6-10-18(15)25-20(27)11-21-24-17(13-30-21)12-29-23(28)19-14-31-22(26-19)16-8-3-2-4-9-16/h2-10,13-14H,11-12H2,1H3,(H,25,27). The van der Waals surface area contributed by atoms with Crippen molar-refractivity contribution in [3.63, 3.8) is 0 Å². The fourth-order valence-electron chi connectivity index (χ4n) is 2.84. The number of carbonyl (C=O) groups excluding carboxylic acids is 2. The Kier molecular flexibility index (Phi) is 6.49. The third kappa shape index (κ3) is 5.42. The molecule has 0 unspecified atom stereocenters. The van der Waals surface area contributed by atoms with E-state index < -0.39 is 5.97 Å². The van der Waals surface area contributed by atoms with Gasteiger partial charge in [-0.15, -0.1) is 22.7 Å². The lowest BCUT2D eigenvalue weighted by molar-refractivity contribution is -0.115. The van der Waals surface area contributed by atoms with Crippen LogP contribution in [0.25, 0.3) is 10.6 Å². The summed E-state index contributed by atoms with van der Waals surface area (Å²) in [7, 11) is 0. The second kappa shape index (κ2) is 9.63. The van der Waals surface area contributed by atoms with Crippen LogP contribution in [-0.4, -0.2) is 21.8 Å². The van der Waals surface area contributed by atoms with E-state index in [-0.39, 0.29) is 24.6 Å². The number of thiazole rings is 2. The molecule has 0 atom stereocenters. The van der Waals surface area contributed by atoms with Crippen LogP contribution >= 0.6 is 22.7 Å². The highest BCUT2D eigenvalue weighted by molar-refractivity contribution is 7.13. The van der Waals surface area contributed by atoms with Crippen LogP contribution in [0.2, 0.25) is 0 Å². The maximum absolute atomic E-state index is 12.3. The van der Waals surface area contributed by atoms with Gasteiger partial charge in [-0.05, 0) is 18.6 Å². The highest BCUT2D eigenvalue weighted by atomic mass is 32.1. The Morgan fingerprint density at radius 1 is 0.968 bits per heavy atom. The highest BCUT2D eigenvalue weighted by Crippen LogP contribution is 2.24. The van der Waals surface area contributed by atoms with Crippen LogP contribution in [0, 0.1) is 6.92 Å². The molecule has 0 saturated carbocycles. The van der Waals surface area contributed by atoms with E-state index >= 15 is 0 Å². The molecule has 2 aromatic heterocycles. The zero-order valence-electron chi connectivity index (χ0n) is 16.7. The van der Waals surface area contributed by atoms with Crippen molar-refractivity contribution in [2.24, 2.45) is 0 Å². The molecule has 0 bridgehead atoms. The molecule has 6 nitrogen and oxygen atoms in total. The van der Waals surface area contributed by atoms with Crippen LogP contribution in [0.3, 0.4) is 0 Å². The van der Waals surface area contributed by atoms with Crippen LogP contribution in [0.4, 0.5) is 5.69 Å². The summed E-state index contributed by atoms with van der Waals surface area (Å²) < 4.78 is 5.34. The second-order valence-corrected chi connectivity index (χ2v) is 8.55. The molecule has 2 heterocycles. The number of nitrogens with zero attached hydrogens (tertiary/aromatic N) is 2. The number of esters is 1. The molecule has 2 aromatic carbocycles. The minimum atomic E-state index is -0.495. The lowest BCUT2D eigenvalue weighted by Gasteiger charge is -2.06. The number of hydrogen-bond acceptors (Lipinski definition) is 7. The summed E-state index contributed by atoms with van der Waals surface area (Å²) in [5, 5.41) is 7.80. The topological polar surface area (TPSA) is 81.2 Å². The number of ether oxygens (including phenoxy) is 1. The Labute approximate surface area is 187 Å². The number of rotatable bonds is 7. The van der Waals surface area contributed by atoms with Gasteiger partial charge in [-0.2, -0.15) is 0 Å². The Hall–Kier alpha value is -3.36. The van der Waals surface area contributed by atoms with Gasteiger partial charge in [-0.25, -0.2) is 14.8 Å². The van der Waals surface area contributed by atoms with Gasteiger partial charge >= 0.3 is 5.97 Å². The summed E-state index contributed by atoms with van der Waals surface area (Å²) >= 11 is 2.76. The minimum absolute atomic E-state index is 0.0347. The Morgan fingerprint density at radius 3 is 2.55 bits per heavy atom. The predicted molar refractivity (Wildman–Crippen MR) is 122 cm³/mol. The fraction of sp³-hybridized carbons (Fsp3) is 0.130. The van der Waals surface area contributed by atoms with Gasteiger partial charge in [0.15, 0.2) is 5.69 Å². The van der Waals surface area contributed by atoms with E-state index in [0.29, 0.717) is 10.7 Å². The van der Waals surface area contributed by atoms with Crippen molar-refractivity contribution in [3.05, 3.63) is 87.3 Å². The molecule has 0 aliphatic heterocycles. The summed E-state index contributed by atoms with van der Waals surface area (Å²) in [6, 6.07) is 17.3. The van der Waals surface area contributed by atoms with Crippen LogP contribution < -0.4 is 5.32 Å². The van der Waals surface area contributed by atoms with Crippen molar-refractivity contribution < 1.29 is 14.3 Å². The number of hydrogen-bond donors (Lipinski definition) is 1. The van der Waals surface area contributed by atoms with Crippen LogP contribution in [0.1, 0.15) is 26.8 Å². The lowest BCUT2D eigenvalue weighted by Crippen LogP contribution is -2.15. The first-order valence-corrected chi connectivity index (χ1v) is 11.3. The summed E-state index contributed by atoms with van der Waals surface area (Å²) in [4.78, 5) is 33.3. The summed E-state index contributed by atoms with van der Waals surface area (Å²) in [5.41, 5.74) is 3.63. The summed E-state index contributed by atoms with van der Waals surface area (Å²) in [6.45, 7) is 1.98. The second-order valence-electron chi connectivity index (χ2n) is 6.75. The zero-order valence-corrected chi connectivity index (χ0v) is 18.3. The first-order valence-electron chi connectivity index (χ1n) is 9.55. The minimum Gasteiger partial charge on any atom is -0.454 e. The molecule has 31 heavy (non-hydrogen) atoms. The van der Waals surface area contributed by atoms with Crippen molar-refractivity contribution in [1.29, 1.82) is 0 Å². The molecule has 4 rings (SSSR count). The van der Waals surface area contributed by atoms with Gasteiger partial charge in [0.2, 0.25) is 5.91 Å². The van der Waals surface area contributed by atoms with Gasteiger partial charge in [0.25, 0.3) is 0 Å². The van der Waals surface area contributed by atoms with Crippen molar-refractivity contribution in [3.8, 4) is 10.6 Å². The number of anilines is 1. The molecular weight excluding hydrogens is 430 g/mol. The molecule has 4 aromatic rings. The summed E-state index contributed by atoms with van der Waals surface area (Å²) in [5.74, 6) is -0.631. The third-order valence-electron chi connectivity index (χ3n) is 4.42. The van der Waals surface area contributed by atoms with Crippen molar-refractivity contribution in [2.75, 3.05) is 5.32 Å². The predicted octanol–water partition coefficient (Wildman–Crippen LogP) is 5.11. The first kappa shape index (κ1) is 20.9. The number of nitrogens with one attached hydrogen (secondary N) is 1. The molecule has 0 aliphatic carbocycles. The molecule has 1 N–H and O–H groups in total. The van der Waals surface area contributed by atoms with Gasteiger partial charge in [0.1, 0.15) is 16.6 Å². The number of aromatic nitrogens is 2. The molecular formula is C23H19N3O3S2. The average molecular weight is 450 g/mol. The fourth-order valence-corrected chi connectivity index (χ4v) is 4.41. The number of carbonyl (C=O) groups is 2. The van der Waals surface area contributed by atoms with Gasteiger partial charge in [0.05, 0.1) is 12.1 Å². The van der Waals surface area contributed by atoms with Crippen LogP contribution in [-0.2, 0) is 22.6 Å². The van der Waals surface area contributed by atoms with E-state index in [9.17, 15) is 9.59 Å². The van der Waals surface area contributed by atoms with Gasteiger partial charge in [0, 0.05) is 22.0 Å². The molecule has 0 aliphatic rings. The third-order valence-corrected chi connectivity index (χ3v) is 6.20. The van der Waals surface area contributed by atoms with E-state index in [1.807, 2.05) is 61.5 Å². The first-order chi connectivity index (χ1) is 15.1. The molecule has 156 valence electrons. The van der Waals surface area contributed by atoms with Gasteiger partial charge in [-0.3, -0.25) is 4.79 Å². The zero-order chi connectivity index (χ0) is 21.6. The molecule has 0 fully saturated rings. The van der Waals surface area contributed by atoms with Gasteiger partial charge < -0.3 is 10.1 Å². The van der Waals surface area contributed by atoms with Crippen molar-refractivity contribution >= 4 is 40.2 Å². The number of amides is 1. The lowest BCUT2D eigenvalue weighted by atomic mass is 10.2. The normalized spacial score (nSPS) is 10.6. The van der Waals surface area contributed by atoms with Crippen LogP contribution in [0.5, 0.6) is 0 Å². The number of aryl methyl sites for hydroxylation is 1. The van der Waals surface area contributed by atoms with Crippen molar-refractivity contribution in [1.82, 2.24) is 9.97 Å². The molecule has 0 spiro atoms. The quantitative estimate of drug-likeness (QED) is 0.396. The van der Waals surface area contributed by atoms with E-state index in [2.05, 4.69) is 15.3 Å². The summed E-state index contributed by atoms with van der Waals surface area (Å²) in [6.07, 6.45) is 0.166. The molecule has 0 radical (unpaired) electrons. The van der Waals surface area contributed by atoms with Crippen molar-refractivity contribution in [2.45, 2.75) is 20.0 Å². The molecule has 1 amide bonds. The van der Waals surface area contributed by atoms with Gasteiger partial charge in [-0.1, -0.05) is 48.5 Å². The largest absolute Gasteiger partial charge is 0.454 e. The SMILES string of the molecule is Cc1ccccc1NC(=O)Cc1nc(COC(=O)c2csc(-c3ccccc3)n2)cs1. The Morgan fingerprint density at radius 2 is 1.74 bits per heavy atom. The average Bonchev–Trinajstić information content (AvgIpc) is 3.44. The maximum atomic E-state index is 12.3. The maximum Gasteiger partial charge on any atom is 0.358 e. The Bertz CT molecular complexity index is 1200. The smallest absolute Gasteiger partial charge is 0.358 e. The van der Waals surface area contributed by atoms with E-state index in [1.54, 1.807) is 10.8 Å². The van der Waals surface area contributed by atoms with E-state index in [0.717, 1.165) is 21.8 Å². The monoisotopic (exact) mass is 449 g/mol. The Balaban J connectivity index is 1.30. The molecule has 0 saturated heterocycles. The van der Waals surface area contributed by atoms with E-state index in [4.69, 9.17) is 4.74 Å². The van der Waals surface area contributed by atoms with E-state index in [1.165, 1.54) is 22.7 Å². The molecule has 8 heteroatoms. The highest BCUT2D eigenvalue weighted by Gasteiger charge is 2.15. The van der Waals surface area contributed by atoms with Crippen LogP contribution in [0.15, 0.2) is 65.4 Å².